The fourth-order valence-electron chi connectivity index (χ4n) is 1.75. The van der Waals surface area contributed by atoms with E-state index in [-0.39, 0.29) is 6.04 Å². The lowest BCUT2D eigenvalue weighted by atomic mass is 10.0. The highest BCUT2D eigenvalue weighted by Crippen LogP contribution is 2.25. The molecular formula is C14H23NO. The number of hydrogen-bond donors (Lipinski definition) is 1. The molecule has 0 aliphatic heterocycles. The van der Waals surface area contributed by atoms with E-state index in [2.05, 4.69) is 32.7 Å². The van der Waals surface area contributed by atoms with Gasteiger partial charge in [0.1, 0.15) is 5.76 Å². The standard InChI is InChI=1S/C14H23NO/c1-5-8-15-13(10-11(3)6-2)14-12(4)7-9-16-14/h7,9,13,15H,3,5-6,8,10H2,1-2,4H3. The summed E-state index contributed by atoms with van der Waals surface area (Å²) in [5.74, 6) is 1.06. The van der Waals surface area contributed by atoms with Crippen molar-refractivity contribution in [2.75, 3.05) is 6.54 Å². The Balaban J connectivity index is 2.71. The summed E-state index contributed by atoms with van der Waals surface area (Å²) in [6, 6.07) is 2.30. The summed E-state index contributed by atoms with van der Waals surface area (Å²) in [6.45, 7) is 11.5. The van der Waals surface area contributed by atoms with Gasteiger partial charge in [-0.2, -0.15) is 0 Å². The second kappa shape index (κ2) is 6.54. The second-order valence-corrected chi connectivity index (χ2v) is 4.28. The third-order valence-corrected chi connectivity index (χ3v) is 2.85. The molecule has 0 amide bonds. The molecule has 2 heteroatoms. The van der Waals surface area contributed by atoms with Gasteiger partial charge in [-0.15, -0.1) is 0 Å². The Morgan fingerprint density at radius 3 is 2.75 bits per heavy atom. The van der Waals surface area contributed by atoms with Gasteiger partial charge < -0.3 is 9.73 Å². The molecule has 0 spiro atoms. The molecule has 0 aliphatic carbocycles. The summed E-state index contributed by atoms with van der Waals surface area (Å²) in [4.78, 5) is 0. The molecule has 0 aliphatic rings. The SMILES string of the molecule is C=C(CC)CC(NCCC)c1occc1C. The van der Waals surface area contributed by atoms with E-state index < -0.39 is 0 Å². The Labute approximate surface area is 98.7 Å². The topological polar surface area (TPSA) is 25.2 Å². The van der Waals surface area contributed by atoms with Crippen molar-refractivity contribution in [1.29, 1.82) is 0 Å². The van der Waals surface area contributed by atoms with E-state index in [9.17, 15) is 0 Å². The highest BCUT2D eigenvalue weighted by atomic mass is 16.3. The molecule has 16 heavy (non-hydrogen) atoms. The van der Waals surface area contributed by atoms with Crippen molar-refractivity contribution in [3.8, 4) is 0 Å². The Kier molecular flexibility index (Phi) is 5.33. The van der Waals surface area contributed by atoms with E-state index in [1.807, 2.05) is 6.07 Å². The quantitative estimate of drug-likeness (QED) is 0.704. The molecule has 1 atom stereocenters. The Morgan fingerprint density at radius 1 is 1.50 bits per heavy atom. The van der Waals surface area contributed by atoms with Gasteiger partial charge in [0.2, 0.25) is 0 Å². The highest BCUT2D eigenvalue weighted by Gasteiger charge is 2.16. The van der Waals surface area contributed by atoms with Crippen molar-refractivity contribution in [2.45, 2.75) is 46.1 Å². The summed E-state index contributed by atoms with van der Waals surface area (Å²) in [5.41, 5.74) is 2.49. The lowest BCUT2D eigenvalue weighted by Crippen LogP contribution is -2.22. The first-order valence-electron chi connectivity index (χ1n) is 6.13. The molecule has 0 aromatic carbocycles. The van der Waals surface area contributed by atoms with Gasteiger partial charge in [-0.1, -0.05) is 26.0 Å². The summed E-state index contributed by atoms with van der Waals surface area (Å²) < 4.78 is 5.57. The molecule has 0 bridgehead atoms. The molecule has 1 aromatic rings. The van der Waals surface area contributed by atoms with E-state index >= 15 is 0 Å². The van der Waals surface area contributed by atoms with E-state index in [0.29, 0.717) is 0 Å². The van der Waals surface area contributed by atoms with Crippen LogP contribution < -0.4 is 5.32 Å². The molecule has 90 valence electrons. The van der Waals surface area contributed by atoms with Gasteiger partial charge in [0.05, 0.1) is 12.3 Å². The van der Waals surface area contributed by atoms with E-state index in [0.717, 1.165) is 31.6 Å². The number of rotatable bonds is 7. The van der Waals surface area contributed by atoms with Crippen molar-refractivity contribution in [1.82, 2.24) is 5.32 Å². The van der Waals surface area contributed by atoms with E-state index in [1.54, 1.807) is 6.26 Å². The molecule has 1 heterocycles. The van der Waals surface area contributed by atoms with Crippen LogP contribution in [0.5, 0.6) is 0 Å². The van der Waals surface area contributed by atoms with E-state index in [1.165, 1.54) is 11.1 Å². The van der Waals surface area contributed by atoms with Crippen LogP contribution in [-0.4, -0.2) is 6.54 Å². The number of aryl methyl sites for hydroxylation is 1. The van der Waals surface area contributed by atoms with Gasteiger partial charge in [0, 0.05) is 0 Å². The van der Waals surface area contributed by atoms with Gasteiger partial charge >= 0.3 is 0 Å². The molecule has 0 fully saturated rings. The summed E-state index contributed by atoms with van der Waals surface area (Å²) >= 11 is 0. The second-order valence-electron chi connectivity index (χ2n) is 4.28. The van der Waals surface area contributed by atoms with Crippen LogP contribution >= 0.6 is 0 Å². The maximum atomic E-state index is 5.57. The van der Waals surface area contributed by atoms with Crippen molar-refractivity contribution in [3.63, 3.8) is 0 Å². The molecule has 1 N–H and O–H groups in total. The van der Waals surface area contributed by atoms with Crippen LogP contribution in [0.4, 0.5) is 0 Å². The number of nitrogens with one attached hydrogen (secondary N) is 1. The molecule has 0 saturated heterocycles. The maximum absolute atomic E-state index is 5.57. The molecule has 2 nitrogen and oxygen atoms in total. The molecule has 1 rings (SSSR count). The average molecular weight is 221 g/mol. The minimum atomic E-state index is 0.280. The van der Waals surface area contributed by atoms with E-state index in [4.69, 9.17) is 4.42 Å². The maximum Gasteiger partial charge on any atom is 0.123 e. The van der Waals surface area contributed by atoms with Crippen LogP contribution in [0, 0.1) is 6.92 Å². The first kappa shape index (κ1) is 13.0. The Morgan fingerprint density at radius 2 is 2.25 bits per heavy atom. The molecule has 0 saturated carbocycles. The van der Waals surface area contributed by atoms with Gasteiger partial charge in [-0.25, -0.2) is 0 Å². The van der Waals surface area contributed by atoms with Gasteiger partial charge in [0.25, 0.3) is 0 Å². The zero-order chi connectivity index (χ0) is 12.0. The number of furan rings is 1. The third kappa shape index (κ3) is 3.53. The summed E-state index contributed by atoms with van der Waals surface area (Å²) in [6.07, 6.45) is 4.89. The highest BCUT2D eigenvalue weighted by molar-refractivity contribution is 5.20. The first-order chi connectivity index (χ1) is 7.69. The van der Waals surface area contributed by atoms with Crippen molar-refractivity contribution < 1.29 is 4.42 Å². The van der Waals surface area contributed by atoms with Crippen LogP contribution in [0.3, 0.4) is 0 Å². The normalized spacial score (nSPS) is 12.7. The minimum Gasteiger partial charge on any atom is -0.467 e. The summed E-state index contributed by atoms with van der Waals surface area (Å²) in [5, 5.41) is 3.52. The Hall–Kier alpha value is -1.02. The van der Waals surface area contributed by atoms with Crippen molar-refractivity contribution in [2.24, 2.45) is 0 Å². The first-order valence-corrected chi connectivity index (χ1v) is 6.13. The minimum absolute atomic E-state index is 0.280. The van der Waals surface area contributed by atoms with Crippen LogP contribution in [0.15, 0.2) is 28.9 Å². The van der Waals surface area contributed by atoms with Crippen LogP contribution in [-0.2, 0) is 0 Å². The summed E-state index contributed by atoms with van der Waals surface area (Å²) in [7, 11) is 0. The van der Waals surface area contributed by atoms with Crippen LogP contribution in [0.1, 0.15) is 50.5 Å². The van der Waals surface area contributed by atoms with Gasteiger partial charge in [-0.3, -0.25) is 0 Å². The predicted molar refractivity (Wildman–Crippen MR) is 68.5 cm³/mol. The fraction of sp³-hybridized carbons (Fsp3) is 0.571. The molecule has 1 aromatic heterocycles. The van der Waals surface area contributed by atoms with Crippen molar-refractivity contribution in [3.05, 3.63) is 35.8 Å². The fourth-order valence-corrected chi connectivity index (χ4v) is 1.75. The van der Waals surface area contributed by atoms with Gasteiger partial charge in [-0.05, 0) is 44.4 Å². The average Bonchev–Trinajstić information content (AvgIpc) is 2.70. The largest absolute Gasteiger partial charge is 0.467 e. The smallest absolute Gasteiger partial charge is 0.123 e. The Bertz CT molecular complexity index is 327. The molecular weight excluding hydrogens is 198 g/mol. The third-order valence-electron chi connectivity index (χ3n) is 2.85. The van der Waals surface area contributed by atoms with Crippen LogP contribution in [0.2, 0.25) is 0 Å². The monoisotopic (exact) mass is 221 g/mol. The predicted octanol–water partition coefficient (Wildman–Crippen LogP) is 3.99. The van der Waals surface area contributed by atoms with Gasteiger partial charge in [0.15, 0.2) is 0 Å². The molecule has 1 unspecified atom stereocenters. The van der Waals surface area contributed by atoms with Crippen LogP contribution in [0.25, 0.3) is 0 Å². The molecule has 0 radical (unpaired) electrons. The zero-order valence-electron chi connectivity index (χ0n) is 10.7. The zero-order valence-corrected chi connectivity index (χ0v) is 10.7. The number of hydrogen-bond acceptors (Lipinski definition) is 2. The lowest BCUT2D eigenvalue weighted by molar-refractivity contribution is 0.406. The lowest BCUT2D eigenvalue weighted by Gasteiger charge is -2.18. The van der Waals surface area contributed by atoms with Crippen molar-refractivity contribution >= 4 is 0 Å².